The number of para-hydroxylation sites is 1. The van der Waals surface area contributed by atoms with Crippen molar-refractivity contribution in [3.05, 3.63) is 35.5 Å². The van der Waals surface area contributed by atoms with Gasteiger partial charge in [0, 0.05) is 22.7 Å². The number of nitrogens with one attached hydrogen (secondary N) is 2. The molecule has 140 valence electrons. The lowest BCUT2D eigenvalue weighted by Gasteiger charge is -2.15. The Morgan fingerprint density at radius 2 is 2.12 bits per heavy atom. The van der Waals surface area contributed by atoms with Gasteiger partial charge in [0.15, 0.2) is 6.61 Å². The van der Waals surface area contributed by atoms with Crippen LogP contribution in [0.3, 0.4) is 0 Å². The highest BCUT2D eigenvalue weighted by atomic mass is 32.2. The number of ether oxygens (including phenoxy) is 1. The zero-order valence-electron chi connectivity index (χ0n) is 14.8. The van der Waals surface area contributed by atoms with Crippen molar-refractivity contribution in [2.24, 2.45) is 5.73 Å². The number of primary amides is 1. The van der Waals surface area contributed by atoms with E-state index in [1.807, 2.05) is 31.4 Å². The molecule has 0 fully saturated rings. The average molecular weight is 377 g/mol. The highest BCUT2D eigenvalue weighted by Gasteiger charge is 2.23. The Morgan fingerprint density at radius 3 is 2.77 bits per heavy atom. The number of fused-ring (bicyclic) bond motifs is 1. The summed E-state index contributed by atoms with van der Waals surface area (Å²) < 4.78 is 5.11. The van der Waals surface area contributed by atoms with Crippen LogP contribution in [0.2, 0.25) is 0 Å². The first-order chi connectivity index (χ1) is 12.5. The van der Waals surface area contributed by atoms with Gasteiger partial charge in [-0.3, -0.25) is 4.79 Å². The smallest absolute Gasteiger partial charge is 0.329 e. The second kappa shape index (κ2) is 9.28. The lowest BCUT2D eigenvalue weighted by atomic mass is 10.1. The van der Waals surface area contributed by atoms with Crippen LogP contribution >= 0.6 is 11.8 Å². The van der Waals surface area contributed by atoms with Crippen molar-refractivity contribution in [1.82, 2.24) is 10.3 Å². The van der Waals surface area contributed by atoms with E-state index in [1.165, 1.54) is 11.8 Å². The van der Waals surface area contributed by atoms with E-state index in [0.29, 0.717) is 17.7 Å². The van der Waals surface area contributed by atoms with Crippen LogP contribution in [0.15, 0.2) is 24.4 Å². The molecule has 1 aromatic carbocycles. The third-order valence-electron chi connectivity index (χ3n) is 4.04. The van der Waals surface area contributed by atoms with Crippen LogP contribution in [0.25, 0.3) is 10.9 Å². The van der Waals surface area contributed by atoms with Crippen LogP contribution < -0.4 is 11.1 Å². The predicted octanol–water partition coefficient (Wildman–Crippen LogP) is 2.25. The highest BCUT2D eigenvalue weighted by molar-refractivity contribution is 7.98. The van der Waals surface area contributed by atoms with Gasteiger partial charge in [-0.2, -0.15) is 11.8 Å². The summed E-state index contributed by atoms with van der Waals surface area (Å²) in [6.07, 6.45) is 4.74. The number of aryl methyl sites for hydroxylation is 1. The van der Waals surface area contributed by atoms with Crippen molar-refractivity contribution in [3.63, 3.8) is 0 Å². The van der Waals surface area contributed by atoms with Gasteiger partial charge in [-0.25, -0.2) is 9.59 Å². The van der Waals surface area contributed by atoms with E-state index < -0.39 is 24.6 Å². The number of esters is 1. The summed E-state index contributed by atoms with van der Waals surface area (Å²) in [4.78, 5) is 38.8. The van der Waals surface area contributed by atoms with Crippen molar-refractivity contribution in [2.75, 3.05) is 18.6 Å². The average Bonchev–Trinajstić information content (AvgIpc) is 3.06. The van der Waals surface area contributed by atoms with E-state index in [-0.39, 0.29) is 5.78 Å². The minimum Gasteiger partial charge on any atom is -0.456 e. The number of H-pyrrole nitrogens is 1. The minimum atomic E-state index is -0.859. The monoisotopic (exact) mass is 377 g/mol. The molecule has 1 atom stereocenters. The first-order valence-corrected chi connectivity index (χ1v) is 9.71. The van der Waals surface area contributed by atoms with Crippen molar-refractivity contribution < 1.29 is 19.1 Å². The summed E-state index contributed by atoms with van der Waals surface area (Å²) in [6.45, 7) is 1.65. The molecule has 2 rings (SSSR count). The minimum absolute atomic E-state index is 0.305. The molecule has 1 heterocycles. The first kappa shape index (κ1) is 19.8. The van der Waals surface area contributed by atoms with E-state index in [1.54, 1.807) is 6.20 Å². The number of benzene rings is 1. The molecule has 0 saturated carbocycles. The number of Topliss-reactive ketones (excluding diaryl/α,β-unsaturated/α-hetero) is 1. The number of carbonyl (C=O) groups excluding carboxylic acids is 3. The number of amides is 2. The fourth-order valence-electron chi connectivity index (χ4n) is 2.71. The number of hydrogen-bond donors (Lipinski definition) is 3. The molecule has 1 aromatic heterocycles. The van der Waals surface area contributed by atoms with Crippen molar-refractivity contribution in [2.45, 2.75) is 25.8 Å². The highest BCUT2D eigenvalue weighted by Crippen LogP contribution is 2.22. The molecule has 0 unspecified atom stereocenters. The molecular weight excluding hydrogens is 354 g/mol. The Hall–Kier alpha value is -2.48. The fraction of sp³-hybridized carbons (Fsp3) is 0.389. The quantitative estimate of drug-likeness (QED) is 0.458. The summed E-state index contributed by atoms with van der Waals surface area (Å²) in [6, 6.07) is 4.09. The zero-order valence-corrected chi connectivity index (χ0v) is 15.7. The Labute approximate surface area is 156 Å². The predicted molar refractivity (Wildman–Crippen MR) is 102 cm³/mol. The van der Waals surface area contributed by atoms with Crippen LogP contribution in [-0.2, 0) is 16.0 Å². The lowest BCUT2D eigenvalue weighted by Crippen LogP contribution is -2.45. The SMILES string of the molecule is CCc1cccc2c(C(=O)COC(=O)[C@@H](CCSC)NC(N)=O)c[nH]c12. The molecule has 8 heteroatoms. The third-order valence-corrected chi connectivity index (χ3v) is 4.68. The van der Waals surface area contributed by atoms with Crippen molar-refractivity contribution in [3.8, 4) is 0 Å². The van der Waals surface area contributed by atoms with Crippen LogP contribution in [-0.4, -0.2) is 47.4 Å². The van der Waals surface area contributed by atoms with Crippen molar-refractivity contribution >= 4 is 40.4 Å². The van der Waals surface area contributed by atoms with E-state index in [2.05, 4.69) is 10.3 Å². The van der Waals surface area contributed by atoms with Gasteiger partial charge < -0.3 is 20.8 Å². The van der Waals surface area contributed by atoms with Gasteiger partial charge in [-0.1, -0.05) is 25.1 Å². The fourth-order valence-corrected chi connectivity index (χ4v) is 3.19. The van der Waals surface area contributed by atoms with E-state index >= 15 is 0 Å². The number of hydrogen-bond acceptors (Lipinski definition) is 5. The first-order valence-electron chi connectivity index (χ1n) is 8.31. The second-order valence-corrected chi connectivity index (χ2v) is 6.75. The molecule has 0 bridgehead atoms. The molecule has 0 radical (unpaired) electrons. The van der Waals surface area contributed by atoms with Gasteiger partial charge in [0.2, 0.25) is 5.78 Å². The van der Waals surface area contributed by atoms with Gasteiger partial charge >= 0.3 is 12.0 Å². The van der Waals surface area contributed by atoms with E-state index in [9.17, 15) is 14.4 Å². The molecule has 2 amide bonds. The van der Waals surface area contributed by atoms with Crippen LogP contribution in [0.5, 0.6) is 0 Å². The van der Waals surface area contributed by atoms with Crippen LogP contribution in [0, 0.1) is 0 Å². The number of thioether (sulfide) groups is 1. The maximum absolute atomic E-state index is 12.5. The van der Waals surface area contributed by atoms with Crippen LogP contribution in [0.1, 0.15) is 29.3 Å². The Morgan fingerprint density at radius 1 is 1.35 bits per heavy atom. The van der Waals surface area contributed by atoms with E-state index in [0.717, 1.165) is 22.9 Å². The maximum atomic E-state index is 12.5. The van der Waals surface area contributed by atoms with Crippen LogP contribution in [0.4, 0.5) is 4.79 Å². The van der Waals surface area contributed by atoms with Gasteiger partial charge in [0.1, 0.15) is 6.04 Å². The molecule has 26 heavy (non-hydrogen) atoms. The molecule has 2 aromatic rings. The topological polar surface area (TPSA) is 114 Å². The standard InChI is InChI=1S/C18H23N3O4S/c1-3-11-5-4-6-12-13(9-20-16(11)12)15(22)10-25-17(23)14(7-8-26-2)21-18(19)24/h4-6,9,14,20H,3,7-8,10H2,1-2H3,(H3,19,21,24)/t14-/m1/s1. The third kappa shape index (κ3) is 4.78. The van der Waals surface area contributed by atoms with Gasteiger partial charge in [0.05, 0.1) is 0 Å². The molecule has 0 saturated heterocycles. The number of carbonyl (C=O) groups is 3. The molecule has 0 aliphatic rings. The Kier molecular flexibility index (Phi) is 7.08. The Bertz CT molecular complexity index is 803. The molecule has 0 aliphatic heterocycles. The number of ketones is 1. The summed E-state index contributed by atoms with van der Waals surface area (Å²) in [5, 5.41) is 3.16. The molecule has 0 aliphatic carbocycles. The maximum Gasteiger partial charge on any atom is 0.329 e. The zero-order chi connectivity index (χ0) is 19.1. The molecule has 4 N–H and O–H groups in total. The summed E-state index contributed by atoms with van der Waals surface area (Å²) >= 11 is 1.53. The van der Waals surface area contributed by atoms with E-state index in [4.69, 9.17) is 10.5 Å². The van der Waals surface area contributed by atoms with Gasteiger partial charge in [0.25, 0.3) is 0 Å². The van der Waals surface area contributed by atoms with Gasteiger partial charge in [-0.15, -0.1) is 0 Å². The second-order valence-electron chi connectivity index (χ2n) is 5.77. The number of aromatic amines is 1. The molecular formula is C18H23N3O4S. The molecule has 7 nitrogen and oxygen atoms in total. The molecule has 0 spiro atoms. The summed E-state index contributed by atoms with van der Waals surface area (Å²) in [7, 11) is 0. The number of urea groups is 1. The van der Waals surface area contributed by atoms with Crippen molar-refractivity contribution in [1.29, 1.82) is 0 Å². The number of nitrogens with two attached hydrogens (primary N) is 1. The number of aromatic nitrogens is 1. The Balaban J connectivity index is 2.05. The van der Waals surface area contributed by atoms with Gasteiger partial charge in [-0.05, 0) is 30.4 Å². The largest absolute Gasteiger partial charge is 0.456 e. The summed E-state index contributed by atoms with van der Waals surface area (Å²) in [5.41, 5.74) is 7.60. The number of rotatable bonds is 9. The summed E-state index contributed by atoms with van der Waals surface area (Å²) in [5.74, 6) is -0.322. The lowest BCUT2D eigenvalue weighted by molar-refractivity contribution is -0.144. The normalized spacial score (nSPS) is 11.9.